The zero-order valence-corrected chi connectivity index (χ0v) is 8.95. The lowest BCUT2D eigenvalue weighted by Gasteiger charge is -2.41. The highest BCUT2D eigenvalue weighted by molar-refractivity contribution is 5.31. The molecule has 1 atom stereocenters. The molecule has 14 heavy (non-hydrogen) atoms. The summed E-state index contributed by atoms with van der Waals surface area (Å²) in [6, 6.07) is 0. The lowest BCUT2D eigenvalue weighted by atomic mass is 10.1. The van der Waals surface area contributed by atoms with Crippen molar-refractivity contribution in [2.24, 2.45) is 0 Å². The van der Waals surface area contributed by atoms with Crippen molar-refractivity contribution < 1.29 is 4.74 Å². The molecule has 1 fully saturated rings. The summed E-state index contributed by atoms with van der Waals surface area (Å²) in [4.78, 5) is 9.61. The van der Waals surface area contributed by atoms with Crippen LogP contribution in [0.5, 0.6) is 0 Å². The van der Waals surface area contributed by atoms with Gasteiger partial charge in [0.05, 0.1) is 11.7 Å². The average Bonchev–Trinajstić information content (AvgIpc) is 2.51. The number of imidazole rings is 1. The molecule has 1 saturated heterocycles. The molecular weight excluding hydrogens is 178 g/mol. The Hall–Kier alpha value is -1.03. The minimum absolute atomic E-state index is 0.0928. The second-order valence-electron chi connectivity index (χ2n) is 4.48. The maximum Gasteiger partial charge on any atom is 0.202 e. The number of aromatic amines is 1. The van der Waals surface area contributed by atoms with Crippen molar-refractivity contribution in [1.82, 2.24) is 9.97 Å². The molecule has 78 valence electrons. The smallest absolute Gasteiger partial charge is 0.202 e. The first kappa shape index (κ1) is 9.52. The first-order chi connectivity index (χ1) is 6.57. The maximum atomic E-state index is 5.82. The van der Waals surface area contributed by atoms with Gasteiger partial charge in [0.2, 0.25) is 5.95 Å². The van der Waals surface area contributed by atoms with Crippen LogP contribution < -0.4 is 4.90 Å². The average molecular weight is 195 g/mol. The number of nitrogens with zero attached hydrogens (tertiary/aromatic N) is 2. The Bertz CT molecular complexity index is 294. The zero-order valence-electron chi connectivity index (χ0n) is 8.95. The lowest BCUT2D eigenvalue weighted by molar-refractivity contribution is -0.0753. The number of aromatic nitrogens is 2. The molecule has 0 bridgehead atoms. The van der Waals surface area contributed by atoms with Crippen LogP contribution in [0.4, 0.5) is 5.95 Å². The highest BCUT2D eigenvalue weighted by atomic mass is 16.5. The Balaban J connectivity index is 2.14. The van der Waals surface area contributed by atoms with Gasteiger partial charge in [-0.05, 0) is 20.8 Å². The lowest BCUT2D eigenvalue weighted by Crippen LogP contribution is -2.52. The summed E-state index contributed by atoms with van der Waals surface area (Å²) >= 11 is 0. The molecule has 2 heterocycles. The molecule has 1 N–H and O–H groups in total. The van der Waals surface area contributed by atoms with Gasteiger partial charge in [-0.25, -0.2) is 4.98 Å². The van der Waals surface area contributed by atoms with Gasteiger partial charge in [-0.15, -0.1) is 0 Å². The van der Waals surface area contributed by atoms with Crippen molar-refractivity contribution >= 4 is 5.95 Å². The molecule has 4 nitrogen and oxygen atoms in total. The topological polar surface area (TPSA) is 41.2 Å². The fourth-order valence-electron chi connectivity index (χ4n) is 2.04. The number of nitrogens with one attached hydrogen (secondary N) is 1. The van der Waals surface area contributed by atoms with Crippen molar-refractivity contribution in [1.29, 1.82) is 0 Å². The van der Waals surface area contributed by atoms with E-state index in [4.69, 9.17) is 4.74 Å². The van der Waals surface area contributed by atoms with Gasteiger partial charge >= 0.3 is 0 Å². The van der Waals surface area contributed by atoms with Crippen molar-refractivity contribution in [2.45, 2.75) is 32.5 Å². The molecule has 0 aromatic carbocycles. The number of anilines is 1. The molecular formula is C10H17N3O. The van der Waals surface area contributed by atoms with E-state index in [1.165, 1.54) is 0 Å². The van der Waals surface area contributed by atoms with Gasteiger partial charge in [0, 0.05) is 25.5 Å². The maximum absolute atomic E-state index is 5.82. The Morgan fingerprint density at radius 2 is 2.43 bits per heavy atom. The van der Waals surface area contributed by atoms with E-state index in [1.807, 2.05) is 6.20 Å². The van der Waals surface area contributed by atoms with Crippen molar-refractivity contribution in [2.75, 3.05) is 18.0 Å². The molecule has 1 aromatic heterocycles. The predicted molar refractivity (Wildman–Crippen MR) is 55.4 cm³/mol. The van der Waals surface area contributed by atoms with E-state index in [-0.39, 0.29) is 11.7 Å². The zero-order chi connectivity index (χ0) is 10.2. The Morgan fingerprint density at radius 1 is 1.64 bits per heavy atom. The molecule has 4 heteroatoms. The van der Waals surface area contributed by atoms with Gasteiger partial charge in [0.15, 0.2) is 0 Å². The first-order valence-electron chi connectivity index (χ1n) is 4.99. The normalized spacial score (nSPS) is 26.5. The second kappa shape index (κ2) is 3.28. The molecule has 0 amide bonds. The van der Waals surface area contributed by atoms with Crippen LogP contribution in [0.25, 0.3) is 0 Å². The van der Waals surface area contributed by atoms with Gasteiger partial charge in [-0.1, -0.05) is 0 Å². The molecule has 0 spiro atoms. The number of rotatable bonds is 1. The molecule has 1 aliphatic heterocycles. The summed E-state index contributed by atoms with van der Waals surface area (Å²) in [5, 5.41) is 0. The number of hydrogen-bond acceptors (Lipinski definition) is 3. The van der Waals surface area contributed by atoms with E-state index < -0.39 is 0 Å². The van der Waals surface area contributed by atoms with Crippen LogP contribution in [0.15, 0.2) is 12.4 Å². The number of morpholine rings is 1. The third-order valence-electron chi connectivity index (χ3n) is 2.35. The van der Waals surface area contributed by atoms with Crippen LogP contribution >= 0.6 is 0 Å². The number of hydrogen-bond donors (Lipinski definition) is 1. The molecule has 0 aliphatic carbocycles. The second-order valence-corrected chi connectivity index (χ2v) is 4.48. The highest BCUT2D eigenvalue weighted by Gasteiger charge is 2.32. The summed E-state index contributed by atoms with van der Waals surface area (Å²) < 4.78 is 5.82. The Morgan fingerprint density at radius 3 is 3.00 bits per heavy atom. The molecule has 1 aliphatic rings. The van der Waals surface area contributed by atoms with E-state index in [0.717, 1.165) is 19.0 Å². The molecule has 1 aromatic rings. The third-order valence-corrected chi connectivity index (χ3v) is 2.35. The van der Waals surface area contributed by atoms with Gasteiger partial charge in [-0.2, -0.15) is 0 Å². The summed E-state index contributed by atoms with van der Waals surface area (Å²) in [7, 11) is 0. The van der Waals surface area contributed by atoms with E-state index in [0.29, 0.717) is 0 Å². The molecule has 0 saturated carbocycles. The van der Waals surface area contributed by atoms with E-state index in [1.54, 1.807) is 6.20 Å². The summed E-state index contributed by atoms with van der Waals surface area (Å²) in [5.41, 5.74) is -0.0928. The van der Waals surface area contributed by atoms with Gasteiger partial charge < -0.3 is 14.6 Å². The van der Waals surface area contributed by atoms with Crippen molar-refractivity contribution in [3.63, 3.8) is 0 Å². The van der Waals surface area contributed by atoms with Gasteiger partial charge in [0.25, 0.3) is 0 Å². The van der Waals surface area contributed by atoms with E-state index in [9.17, 15) is 0 Å². The minimum Gasteiger partial charge on any atom is -0.369 e. The van der Waals surface area contributed by atoms with Crippen LogP contribution in [-0.2, 0) is 4.74 Å². The molecule has 2 rings (SSSR count). The van der Waals surface area contributed by atoms with Crippen LogP contribution in [0, 0.1) is 0 Å². The SMILES string of the molecule is CC1CN(c2ncc[nH]2)CC(C)(C)O1. The van der Waals surface area contributed by atoms with Crippen LogP contribution in [-0.4, -0.2) is 34.8 Å². The highest BCUT2D eigenvalue weighted by Crippen LogP contribution is 2.23. The molecule has 0 radical (unpaired) electrons. The third kappa shape index (κ3) is 1.90. The predicted octanol–water partition coefficient (Wildman–Crippen LogP) is 1.41. The summed E-state index contributed by atoms with van der Waals surface area (Å²) in [5.74, 6) is 0.938. The molecule has 1 unspecified atom stereocenters. The Labute approximate surface area is 84.3 Å². The largest absolute Gasteiger partial charge is 0.369 e. The monoisotopic (exact) mass is 195 g/mol. The standard InChI is InChI=1S/C10H17N3O/c1-8-6-13(7-10(2,3)14-8)9-11-4-5-12-9/h4-5,8H,6-7H2,1-3H3,(H,11,12). The number of H-pyrrole nitrogens is 1. The van der Waals surface area contributed by atoms with Gasteiger partial charge in [0.1, 0.15) is 0 Å². The van der Waals surface area contributed by atoms with E-state index >= 15 is 0 Å². The first-order valence-corrected chi connectivity index (χ1v) is 4.99. The number of ether oxygens (including phenoxy) is 1. The van der Waals surface area contributed by atoms with Crippen LogP contribution in [0.2, 0.25) is 0 Å². The summed E-state index contributed by atoms with van der Waals surface area (Å²) in [6.07, 6.45) is 3.88. The fourth-order valence-corrected chi connectivity index (χ4v) is 2.04. The quantitative estimate of drug-likeness (QED) is 0.736. The summed E-state index contributed by atoms with van der Waals surface area (Å²) in [6.45, 7) is 8.09. The van der Waals surface area contributed by atoms with E-state index in [2.05, 4.69) is 35.6 Å². The fraction of sp³-hybridized carbons (Fsp3) is 0.700. The minimum atomic E-state index is -0.0928. The Kier molecular flexibility index (Phi) is 2.23. The van der Waals surface area contributed by atoms with Crippen LogP contribution in [0.3, 0.4) is 0 Å². The van der Waals surface area contributed by atoms with Crippen molar-refractivity contribution in [3.05, 3.63) is 12.4 Å². The van der Waals surface area contributed by atoms with Crippen molar-refractivity contribution in [3.8, 4) is 0 Å². The van der Waals surface area contributed by atoms with Crippen LogP contribution in [0.1, 0.15) is 20.8 Å². The van der Waals surface area contributed by atoms with Gasteiger partial charge in [-0.3, -0.25) is 0 Å².